The zero-order valence-electron chi connectivity index (χ0n) is 10.2. The summed E-state index contributed by atoms with van der Waals surface area (Å²) in [6, 6.07) is 0. The summed E-state index contributed by atoms with van der Waals surface area (Å²) in [5.74, 6) is 0.291. The number of aromatic nitrogens is 2. The van der Waals surface area contributed by atoms with E-state index in [1.807, 2.05) is 0 Å². The highest BCUT2D eigenvalue weighted by molar-refractivity contribution is 5.48. The van der Waals surface area contributed by atoms with Crippen LogP contribution in [-0.4, -0.2) is 41.3 Å². The predicted molar refractivity (Wildman–Crippen MR) is 62.8 cm³/mol. The first kappa shape index (κ1) is 12.5. The minimum absolute atomic E-state index is 0.00708. The van der Waals surface area contributed by atoms with E-state index in [9.17, 15) is 10.1 Å². The molecule has 0 saturated carbocycles. The fraction of sp³-hybridized carbons (Fsp3) is 0.600. The van der Waals surface area contributed by atoms with Gasteiger partial charge in [-0.3, -0.25) is 10.1 Å². The zero-order valence-corrected chi connectivity index (χ0v) is 10.2. The van der Waals surface area contributed by atoms with Crippen LogP contribution in [0.2, 0.25) is 0 Å². The molecule has 1 saturated heterocycles. The first-order chi connectivity index (χ1) is 8.61. The van der Waals surface area contributed by atoms with Gasteiger partial charge in [0.1, 0.15) is 11.8 Å². The zero-order chi connectivity index (χ0) is 13.1. The molecule has 8 nitrogen and oxygen atoms in total. The van der Waals surface area contributed by atoms with Crippen molar-refractivity contribution in [3.8, 4) is 5.88 Å². The van der Waals surface area contributed by atoms with E-state index in [1.165, 1.54) is 0 Å². The Labute approximate surface area is 103 Å². The second-order valence-electron chi connectivity index (χ2n) is 3.90. The van der Waals surface area contributed by atoms with E-state index in [0.717, 1.165) is 0 Å². The minimum atomic E-state index is -0.528. The smallest absolute Gasteiger partial charge is 0.352 e. The molecule has 1 fully saturated rings. The van der Waals surface area contributed by atoms with E-state index in [4.69, 9.17) is 9.47 Å². The predicted octanol–water partition coefficient (Wildman–Crippen LogP) is 0.903. The summed E-state index contributed by atoms with van der Waals surface area (Å²) in [4.78, 5) is 18.5. The maximum absolute atomic E-state index is 11.0. The highest BCUT2D eigenvalue weighted by Crippen LogP contribution is 2.30. The van der Waals surface area contributed by atoms with E-state index in [1.54, 1.807) is 14.0 Å². The summed E-state index contributed by atoms with van der Waals surface area (Å²) < 4.78 is 10.7. The van der Waals surface area contributed by atoms with Gasteiger partial charge in [0.2, 0.25) is 5.95 Å². The number of nitrogens with zero attached hydrogens (tertiary/aromatic N) is 3. The molecule has 0 aliphatic carbocycles. The van der Waals surface area contributed by atoms with Crippen LogP contribution in [0.15, 0.2) is 0 Å². The average molecular weight is 254 g/mol. The first-order valence-corrected chi connectivity index (χ1v) is 5.57. The number of nitro groups is 1. The summed E-state index contributed by atoms with van der Waals surface area (Å²) in [6.07, 6.45) is 0.512. The van der Waals surface area contributed by atoms with Crippen molar-refractivity contribution >= 4 is 11.6 Å². The molecule has 1 unspecified atom stereocenters. The lowest BCUT2D eigenvalue weighted by atomic mass is 10.3. The van der Waals surface area contributed by atoms with Crippen LogP contribution >= 0.6 is 0 Å². The van der Waals surface area contributed by atoms with Gasteiger partial charge in [0.25, 0.3) is 5.88 Å². The molecule has 0 amide bonds. The highest BCUT2D eigenvalue weighted by Gasteiger charge is 2.27. The highest BCUT2D eigenvalue weighted by atomic mass is 16.6. The number of aryl methyl sites for hydroxylation is 1. The van der Waals surface area contributed by atoms with Crippen LogP contribution in [0.4, 0.5) is 11.6 Å². The van der Waals surface area contributed by atoms with Crippen molar-refractivity contribution in [2.75, 3.05) is 25.6 Å². The third-order valence-electron chi connectivity index (χ3n) is 2.60. The van der Waals surface area contributed by atoms with Crippen LogP contribution in [0.1, 0.15) is 12.1 Å². The van der Waals surface area contributed by atoms with Gasteiger partial charge in [-0.1, -0.05) is 0 Å². The van der Waals surface area contributed by atoms with Crippen molar-refractivity contribution in [1.82, 2.24) is 9.97 Å². The SMILES string of the molecule is CNc1nc(C)c([N+](=O)[O-])c(OC2CCOC2)n1. The number of hydrogen-bond acceptors (Lipinski definition) is 7. The molecule has 18 heavy (non-hydrogen) atoms. The fourth-order valence-electron chi connectivity index (χ4n) is 1.71. The third kappa shape index (κ3) is 2.48. The van der Waals surface area contributed by atoms with Crippen LogP contribution in [-0.2, 0) is 4.74 Å². The Morgan fingerprint density at radius 2 is 2.33 bits per heavy atom. The normalized spacial score (nSPS) is 18.7. The Morgan fingerprint density at radius 1 is 1.56 bits per heavy atom. The van der Waals surface area contributed by atoms with Crippen molar-refractivity contribution in [2.24, 2.45) is 0 Å². The maximum atomic E-state index is 11.0. The Bertz CT molecular complexity index is 459. The number of nitrogens with one attached hydrogen (secondary N) is 1. The largest absolute Gasteiger partial charge is 0.467 e. The number of ether oxygens (including phenoxy) is 2. The fourth-order valence-corrected chi connectivity index (χ4v) is 1.71. The van der Waals surface area contributed by atoms with Crippen LogP contribution < -0.4 is 10.1 Å². The lowest BCUT2D eigenvalue weighted by Gasteiger charge is -2.12. The van der Waals surface area contributed by atoms with Gasteiger partial charge in [-0.05, 0) is 6.92 Å². The van der Waals surface area contributed by atoms with Crippen LogP contribution in [0.3, 0.4) is 0 Å². The topological polar surface area (TPSA) is 99.4 Å². The van der Waals surface area contributed by atoms with Crippen molar-refractivity contribution in [2.45, 2.75) is 19.4 Å². The van der Waals surface area contributed by atoms with Gasteiger partial charge in [0.15, 0.2) is 0 Å². The molecule has 1 atom stereocenters. The second-order valence-corrected chi connectivity index (χ2v) is 3.90. The molecule has 0 spiro atoms. The number of hydrogen-bond donors (Lipinski definition) is 1. The van der Waals surface area contributed by atoms with Crippen molar-refractivity contribution < 1.29 is 14.4 Å². The Hall–Kier alpha value is -1.96. The van der Waals surface area contributed by atoms with Gasteiger partial charge >= 0.3 is 5.69 Å². The van der Waals surface area contributed by atoms with Crippen molar-refractivity contribution in [1.29, 1.82) is 0 Å². The molecule has 0 aromatic carbocycles. The Kier molecular flexibility index (Phi) is 3.56. The first-order valence-electron chi connectivity index (χ1n) is 5.57. The van der Waals surface area contributed by atoms with Gasteiger partial charge in [-0.25, -0.2) is 4.98 Å². The van der Waals surface area contributed by atoms with Gasteiger partial charge in [-0.15, -0.1) is 0 Å². The van der Waals surface area contributed by atoms with E-state index in [-0.39, 0.29) is 23.4 Å². The molecule has 1 aliphatic heterocycles. The van der Waals surface area contributed by atoms with Crippen molar-refractivity contribution in [3.05, 3.63) is 15.8 Å². The molecular formula is C10H14N4O4. The molecule has 8 heteroatoms. The van der Waals surface area contributed by atoms with E-state index >= 15 is 0 Å². The Balaban J connectivity index is 2.34. The lowest BCUT2D eigenvalue weighted by molar-refractivity contribution is -0.387. The van der Waals surface area contributed by atoms with Crippen LogP contribution in [0, 0.1) is 17.0 Å². The quantitative estimate of drug-likeness (QED) is 0.629. The summed E-state index contributed by atoms with van der Waals surface area (Å²) in [5, 5.41) is 13.8. The monoisotopic (exact) mass is 254 g/mol. The minimum Gasteiger partial charge on any atom is -0.467 e. The van der Waals surface area contributed by atoms with E-state index < -0.39 is 4.92 Å². The second kappa shape index (κ2) is 5.13. The summed E-state index contributed by atoms with van der Waals surface area (Å²) >= 11 is 0. The average Bonchev–Trinajstić information content (AvgIpc) is 2.80. The number of rotatable bonds is 4. The molecule has 2 rings (SSSR count). The summed E-state index contributed by atoms with van der Waals surface area (Å²) in [5.41, 5.74) is 0.0779. The third-order valence-corrected chi connectivity index (χ3v) is 2.60. The maximum Gasteiger partial charge on any atom is 0.352 e. The summed E-state index contributed by atoms with van der Waals surface area (Å²) in [7, 11) is 1.64. The molecular weight excluding hydrogens is 240 g/mol. The van der Waals surface area contributed by atoms with Gasteiger partial charge in [-0.2, -0.15) is 4.98 Å². The standard InChI is InChI=1S/C10H14N4O4/c1-6-8(14(15)16)9(13-10(11-2)12-6)18-7-3-4-17-5-7/h7H,3-5H2,1-2H3,(H,11,12,13). The summed E-state index contributed by atoms with van der Waals surface area (Å²) in [6.45, 7) is 2.58. The Morgan fingerprint density at radius 3 is 2.89 bits per heavy atom. The van der Waals surface area contributed by atoms with E-state index in [2.05, 4.69) is 15.3 Å². The van der Waals surface area contributed by atoms with E-state index in [0.29, 0.717) is 25.6 Å². The molecule has 0 radical (unpaired) electrons. The van der Waals surface area contributed by atoms with Gasteiger partial charge in [0, 0.05) is 13.5 Å². The number of anilines is 1. The molecule has 1 aromatic rings. The molecule has 1 N–H and O–H groups in total. The van der Waals surface area contributed by atoms with Gasteiger partial charge < -0.3 is 14.8 Å². The van der Waals surface area contributed by atoms with Crippen LogP contribution in [0.5, 0.6) is 5.88 Å². The molecule has 98 valence electrons. The molecule has 1 aromatic heterocycles. The molecule has 0 bridgehead atoms. The van der Waals surface area contributed by atoms with Crippen molar-refractivity contribution in [3.63, 3.8) is 0 Å². The lowest BCUT2D eigenvalue weighted by Crippen LogP contribution is -2.18. The molecule has 2 heterocycles. The molecule has 1 aliphatic rings. The van der Waals surface area contributed by atoms with Gasteiger partial charge in [0.05, 0.1) is 18.1 Å². The van der Waals surface area contributed by atoms with Crippen LogP contribution in [0.25, 0.3) is 0 Å².